The SMILES string of the molecule is CCCN(CCO)C(=O)c1cc(CC(C)C)nn1C. The number of nitrogens with zero attached hydrogens (tertiary/aromatic N) is 3. The molecule has 0 spiro atoms. The lowest BCUT2D eigenvalue weighted by Crippen LogP contribution is -2.35. The van der Waals surface area contributed by atoms with Gasteiger partial charge in [0.2, 0.25) is 0 Å². The predicted molar refractivity (Wildman–Crippen MR) is 75.0 cm³/mol. The van der Waals surface area contributed by atoms with E-state index in [1.807, 2.05) is 13.0 Å². The van der Waals surface area contributed by atoms with Crippen molar-refractivity contribution in [3.05, 3.63) is 17.5 Å². The van der Waals surface area contributed by atoms with Gasteiger partial charge in [-0.2, -0.15) is 5.10 Å². The second-order valence-corrected chi connectivity index (χ2v) is 5.26. The summed E-state index contributed by atoms with van der Waals surface area (Å²) in [5, 5.41) is 13.4. The van der Waals surface area contributed by atoms with Crippen molar-refractivity contribution in [2.75, 3.05) is 19.7 Å². The Morgan fingerprint density at radius 2 is 2.16 bits per heavy atom. The number of carbonyl (C=O) groups is 1. The van der Waals surface area contributed by atoms with E-state index in [1.54, 1.807) is 16.6 Å². The van der Waals surface area contributed by atoms with Crippen LogP contribution < -0.4 is 0 Å². The Morgan fingerprint density at radius 3 is 2.68 bits per heavy atom. The Kier molecular flexibility index (Phi) is 6.02. The van der Waals surface area contributed by atoms with Crippen LogP contribution in [0.25, 0.3) is 0 Å². The van der Waals surface area contributed by atoms with Gasteiger partial charge in [-0.1, -0.05) is 20.8 Å². The minimum absolute atomic E-state index is 0.0115. The molecular formula is C14H25N3O2. The van der Waals surface area contributed by atoms with E-state index in [0.29, 0.717) is 24.7 Å². The van der Waals surface area contributed by atoms with Gasteiger partial charge in [0.05, 0.1) is 12.3 Å². The van der Waals surface area contributed by atoms with Gasteiger partial charge in [-0.3, -0.25) is 9.48 Å². The number of rotatable bonds is 7. The molecule has 0 aromatic carbocycles. The minimum atomic E-state index is -0.0547. The molecule has 0 aliphatic carbocycles. The van der Waals surface area contributed by atoms with Crippen molar-refractivity contribution >= 4 is 5.91 Å². The van der Waals surface area contributed by atoms with Crippen molar-refractivity contribution in [3.8, 4) is 0 Å². The van der Waals surface area contributed by atoms with Crippen LogP contribution in [0.4, 0.5) is 0 Å². The number of aromatic nitrogens is 2. The summed E-state index contributed by atoms with van der Waals surface area (Å²) in [6.07, 6.45) is 1.75. The van der Waals surface area contributed by atoms with Crippen molar-refractivity contribution < 1.29 is 9.90 Å². The Morgan fingerprint density at radius 1 is 1.47 bits per heavy atom. The maximum atomic E-state index is 12.4. The number of aliphatic hydroxyl groups is 1. The van der Waals surface area contributed by atoms with E-state index >= 15 is 0 Å². The standard InChI is InChI=1S/C14H25N3O2/c1-5-6-17(7-8-18)14(19)13-10-12(9-11(2)3)15-16(13)4/h10-11,18H,5-9H2,1-4H3. The molecule has 1 aromatic rings. The molecule has 19 heavy (non-hydrogen) atoms. The Labute approximate surface area is 115 Å². The molecule has 1 heterocycles. The molecule has 0 saturated carbocycles. The van der Waals surface area contributed by atoms with Crippen LogP contribution in [0.3, 0.4) is 0 Å². The zero-order valence-corrected chi connectivity index (χ0v) is 12.4. The maximum absolute atomic E-state index is 12.4. The summed E-state index contributed by atoms with van der Waals surface area (Å²) >= 11 is 0. The van der Waals surface area contributed by atoms with Gasteiger partial charge in [0.1, 0.15) is 5.69 Å². The fraction of sp³-hybridized carbons (Fsp3) is 0.714. The first kappa shape index (κ1) is 15.7. The van der Waals surface area contributed by atoms with E-state index in [9.17, 15) is 4.79 Å². The first-order chi connectivity index (χ1) is 8.99. The zero-order valence-electron chi connectivity index (χ0n) is 12.4. The second-order valence-electron chi connectivity index (χ2n) is 5.26. The first-order valence-electron chi connectivity index (χ1n) is 6.92. The molecular weight excluding hydrogens is 242 g/mol. The van der Waals surface area contributed by atoms with E-state index in [0.717, 1.165) is 18.5 Å². The zero-order chi connectivity index (χ0) is 14.4. The average molecular weight is 267 g/mol. The number of aliphatic hydroxyl groups excluding tert-OH is 1. The van der Waals surface area contributed by atoms with Crippen LogP contribution in [0, 0.1) is 5.92 Å². The summed E-state index contributed by atoms with van der Waals surface area (Å²) in [5.74, 6) is 0.461. The van der Waals surface area contributed by atoms with Crippen LogP contribution in [0.5, 0.6) is 0 Å². The third-order valence-electron chi connectivity index (χ3n) is 2.92. The van der Waals surface area contributed by atoms with Gasteiger partial charge < -0.3 is 10.0 Å². The third kappa shape index (κ3) is 4.35. The molecule has 1 N–H and O–H groups in total. The molecule has 0 atom stereocenters. The normalized spacial score (nSPS) is 11.1. The summed E-state index contributed by atoms with van der Waals surface area (Å²) in [4.78, 5) is 14.1. The molecule has 0 saturated heterocycles. The lowest BCUT2D eigenvalue weighted by molar-refractivity contribution is 0.0711. The number of carbonyl (C=O) groups excluding carboxylic acids is 1. The smallest absolute Gasteiger partial charge is 0.272 e. The van der Waals surface area contributed by atoms with E-state index < -0.39 is 0 Å². The number of amides is 1. The van der Waals surface area contributed by atoms with Gasteiger partial charge in [-0.05, 0) is 24.8 Å². The predicted octanol–water partition coefficient (Wildman–Crippen LogP) is 1.46. The quantitative estimate of drug-likeness (QED) is 0.813. The Bertz CT molecular complexity index is 407. The van der Waals surface area contributed by atoms with Gasteiger partial charge in [0.15, 0.2) is 0 Å². The molecule has 0 fully saturated rings. The Balaban J connectivity index is 2.87. The summed E-state index contributed by atoms with van der Waals surface area (Å²) in [7, 11) is 1.79. The highest BCUT2D eigenvalue weighted by molar-refractivity contribution is 5.92. The van der Waals surface area contributed by atoms with Crippen molar-refractivity contribution in [1.82, 2.24) is 14.7 Å². The fourth-order valence-electron chi connectivity index (χ4n) is 2.11. The second kappa shape index (κ2) is 7.28. The number of hydrogen-bond acceptors (Lipinski definition) is 3. The lowest BCUT2D eigenvalue weighted by Gasteiger charge is -2.20. The van der Waals surface area contributed by atoms with Gasteiger partial charge in [-0.15, -0.1) is 0 Å². The molecule has 5 heteroatoms. The van der Waals surface area contributed by atoms with Crippen LogP contribution in [0.1, 0.15) is 43.4 Å². The minimum Gasteiger partial charge on any atom is -0.395 e. The molecule has 0 unspecified atom stereocenters. The number of hydrogen-bond donors (Lipinski definition) is 1. The van der Waals surface area contributed by atoms with E-state index in [1.165, 1.54) is 0 Å². The van der Waals surface area contributed by atoms with Gasteiger partial charge in [-0.25, -0.2) is 0 Å². The maximum Gasteiger partial charge on any atom is 0.272 e. The highest BCUT2D eigenvalue weighted by Gasteiger charge is 2.19. The fourth-order valence-corrected chi connectivity index (χ4v) is 2.11. The van der Waals surface area contributed by atoms with Crippen LogP contribution >= 0.6 is 0 Å². The summed E-state index contributed by atoms with van der Waals surface area (Å²) in [6.45, 7) is 7.30. The monoisotopic (exact) mass is 267 g/mol. The first-order valence-corrected chi connectivity index (χ1v) is 6.92. The number of aryl methyl sites for hydroxylation is 1. The van der Waals surface area contributed by atoms with E-state index in [2.05, 4.69) is 18.9 Å². The molecule has 1 amide bonds. The van der Waals surface area contributed by atoms with Crippen LogP contribution in [-0.4, -0.2) is 45.4 Å². The van der Waals surface area contributed by atoms with Crippen molar-refractivity contribution in [3.63, 3.8) is 0 Å². The van der Waals surface area contributed by atoms with E-state index in [-0.39, 0.29) is 12.5 Å². The van der Waals surface area contributed by atoms with Crippen LogP contribution in [0.2, 0.25) is 0 Å². The molecule has 1 rings (SSSR count). The molecule has 1 aromatic heterocycles. The topological polar surface area (TPSA) is 58.4 Å². The molecule has 0 radical (unpaired) electrons. The molecule has 0 aliphatic rings. The van der Waals surface area contributed by atoms with Crippen LogP contribution in [0.15, 0.2) is 6.07 Å². The van der Waals surface area contributed by atoms with Crippen molar-refractivity contribution in [1.29, 1.82) is 0 Å². The molecule has 0 bridgehead atoms. The average Bonchev–Trinajstić information content (AvgIpc) is 2.68. The molecule has 5 nitrogen and oxygen atoms in total. The Hall–Kier alpha value is -1.36. The van der Waals surface area contributed by atoms with E-state index in [4.69, 9.17) is 5.11 Å². The summed E-state index contributed by atoms with van der Waals surface area (Å²) in [6, 6.07) is 1.86. The molecule has 0 aliphatic heterocycles. The third-order valence-corrected chi connectivity index (χ3v) is 2.92. The highest BCUT2D eigenvalue weighted by Crippen LogP contribution is 2.11. The van der Waals surface area contributed by atoms with Crippen LogP contribution in [-0.2, 0) is 13.5 Å². The van der Waals surface area contributed by atoms with Gasteiger partial charge in [0, 0.05) is 20.1 Å². The lowest BCUT2D eigenvalue weighted by atomic mass is 10.1. The van der Waals surface area contributed by atoms with Gasteiger partial charge >= 0.3 is 0 Å². The summed E-state index contributed by atoms with van der Waals surface area (Å²) < 4.78 is 1.64. The summed E-state index contributed by atoms with van der Waals surface area (Å²) in [5.41, 5.74) is 1.54. The van der Waals surface area contributed by atoms with Gasteiger partial charge in [0.25, 0.3) is 5.91 Å². The largest absolute Gasteiger partial charge is 0.395 e. The van der Waals surface area contributed by atoms with Crippen molar-refractivity contribution in [2.24, 2.45) is 13.0 Å². The molecule has 108 valence electrons. The van der Waals surface area contributed by atoms with Crippen molar-refractivity contribution in [2.45, 2.75) is 33.6 Å². The highest BCUT2D eigenvalue weighted by atomic mass is 16.3.